The van der Waals surface area contributed by atoms with Gasteiger partial charge in [-0.05, 0) is 35.1 Å². The summed E-state index contributed by atoms with van der Waals surface area (Å²) in [5, 5.41) is 11.6. The summed E-state index contributed by atoms with van der Waals surface area (Å²) in [5.74, 6) is -1.52. The maximum atomic E-state index is 12.6. The van der Waals surface area contributed by atoms with E-state index in [-0.39, 0.29) is 18.4 Å². The molecular weight excluding hydrogens is 396 g/mol. The van der Waals surface area contributed by atoms with Crippen molar-refractivity contribution in [1.29, 1.82) is 0 Å². The molecule has 0 fully saturated rings. The summed E-state index contributed by atoms with van der Waals surface area (Å²) in [6.45, 7) is 5.34. The number of carboxylic acid groups (broad SMARTS) is 1. The summed E-state index contributed by atoms with van der Waals surface area (Å²) in [7, 11) is 0. The molecule has 2 aromatic rings. The Morgan fingerprint density at radius 3 is 2.06 bits per heavy atom. The van der Waals surface area contributed by atoms with Crippen LogP contribution in [-0.4, -0.2) is 53.7 Å². The summed E-state index contributed by atoms with van der Waals surface area (Å²) >= 11 is 0. The Morgan fingerprint density at radius 1 is 1.00 bits per heavy atom. The van der Waals surface area contributed by atoms with E-state index in [1.54, 1.807) is 0 Å². The fourth-order valence-electron chi connectivity index (χ4n) is 3.99. The first kappa shape index (κ1) is 22.3. The second kappa shape index (κ2) is 9.64. The number of hydrogen-bond acceptors (Lipinski definition) is 4. The van der Waals surface area contributed by atoms with E-state index in [0.717, 1.165) is 22.3 Å². The van der Waals surface area contributed by atoms with E-state index in [0.29, 0.717) is 6.54 Å². The van der Waals surface area contributed by atoms with Gasteiger partial charge in [-0.2, -0.15) is 0 Å². The Kier molecular flexibility index (Phi) is 6.95. The summed E-state index contributed by atoms with van der Waals surface area (Å²) in [6, 6.07) is 15.2. The van der Waals surface area contributed by atoms with E-state index in [9.17, 15) is 14.4 Å². The van der Waals surface area contributed by atoms with Gasteiger partial charge in [0.05, 0.1) is 0 Å². The van der Waals surface area contributed by atoms with Crippen LogP contribution in [0.2, 0.25) is 0 Å². The molecule has 1 atom stereocenters. The number of carbonyl (C=O) groups excluding carboxylic acids is 2. The zero-order valence-electron chi connectivity index (χ0n) is 18.0. The second-order valence-corrected chi connectivity index (χ2v) is 8.20. The van der Waals surface area contributed by atoms with Crippen LogP contribution in [0.3, 0.4) is 0 Å². The Morgan fingerprint density at radius 2 is 1.55 bits per heavy atom. The van der Waals surface area contributed by atoms with Crippen LogP contribution < -0.4 is 5.32 Å². The summed E-state index contributed by atoms with van der Waals surface area (Å²) < 4.78 is 5.47. The monoisotopic (exact) mass is 424 g/mol. The number of ether oxygens (including phenoxy) is 1. The van der Waals surface area contributed by atoms with Crippen molar-refractivity contribution in [2.75, 3.05) is 19.7 Å². The molecule has 2 N–H and O–H groups in total. The lowest BCUT2D eigenvalue weighted by molar-refractivity contribution is -0.145. The lowest BCUT2D eigenvalue weighted by atomic mass is 9.98. The van der Waals surface area contributed by atoms with Gasteiger partial charge in [0.1, 0.15) is 19.2 Å². The highest BCUT2D eigenvalue weighted by Crippen LogP contribution is 2.44. The van der Waals surface area contributed by atoms with Crippen molar-refractivity contribution in [2.45, 2.75) is 32.7 Å². The zero-order chi connectivity index (χ0) is 22.5. The van der Waals surface area contributed by atoms with Gasteiger partial charge in [-0.25, -0.2) is 4.79 Å². The Bertz CT molecular complexity index is 926. The fraction of sp³-hybridized carbons (Fsp3) is 0.375. The van der Waals surface area contributed by atoms with E-state index in [4.69, 9.17) is 9.84 Å². The number of amides is 2. The average Bonchev–Trinajstić information content (AvgIpc) is 3.04. The van der Waals surface area contributed by atoms with Crippen LogP contribution in [0, 0.1) is 5.92 Å². The molecule has 0 spiro atoms. The Hall–Kier alpha value is -3.35. The molecule has 0 heterocycles. The smallest absolute Gasteiger partial charge is 0.407 e. The molecule has 1 aliphatic carbocycles. The first-order valence-electron chi connectivity index (χ1n) is 10.4. The lowest BCUT2D eigenvalue weighted by Crippen LogP contribution is -2.49. The maximum absolute atomic E-state index is 12.6. The second-order valence-electron chi connectivity index (χ2n) is 8.20. The number of nitrogens with zero attached hydrogens (tertiary/aromatic N) is 1. The molecular formula is C24H28N2O5. The molecule has 0 aliphatic heterocycles. The number of carboxylic acids is 1. The number of hydrogen-bond donors (Lipinski definition) is 2. The number of rotatable bonds is 8. The third-order valence-electron chi connectivity index (χ3n) is 5.27. The SMILES string of the molecule is CC(C)CN(CC(=O)O)C(=O)[C@@H](C)NC(=O)OCC1c2ccccc2-c2ccccc21. The number of aliphatic carboxylic acids is 1. The van der Waals surface area contributed by atoms with Crippen molar-refractivity contribution in [3.63, 3.8) is 0 Å². The molecule has 164 valence electrons. The van der Waals surface area contributed by atoms with Crippen LogP contribution in [-0.2, 0) is 14.3 Å². The van der Waals surface area contributed by atoms with Crippen molar-refractivity contribution in [2.24, 2.45) is 5.92 Å². The largest absolute Gasteiger partial charge is 0.480 e. The fourth-order valence-corrected chi connectivity index (χ4v) is 3.99. The van der Waals surface area contributed by atoms with Crippen LogP contribution >= 0.6 is 0 Å². The normalized spacial score (nSPS) is 13.3. The van der Waals surface area contributed by atoms with E-state index in [1.165, 1.54) is 11.8 Å². The summed E-state index contributed by atoms with van der Waals surface area (Å²) in [5.41, 5.74) is 4.47. The predicted octanol–water partition coefficient (Wildman–Crippen LogP) is 3.48. The van der Waals surface area contributed by atoms with Gasteiger partial charge in [0, 0.05) is 12.5 Å². The van der Waals surface area contributed by atoms with Crippen molar-refractivity contribution in [1.82, 2.24) is 10.2 Å². The van der Waals surface area contributed by atoms with Crippen LogP contribution in [0.5, 0.6) is 0 Å². The molecule has 0 saturated heterocycles. The number of alkyl carbamates (subject to hydrolysis) is 1. The molecule has 7 heteroatoms. The molecule has 1 aliphatic rings. The molecule has 7 nitrogen and oxygen atoms in total. The molecule has 0 bridgehead atoms. The highest BCUT2D eigenvalue weighted by Gasteiger charge is 2.30. The van der Waals surface area contributed by atoms with Crippen molar-refractivity contribution in [3.05, 3.63) is 59.7 Å². The summed E-state index contributed by atoms with van der Waals surface area (Å²) in [4.78, 5) is 37.3. The minimum Gasteiger partial charge on any atom is -0.480 e. The molecule has 2 aromatic carbocycles. The van der Waals surface area contributed by atoms with E-state index < -0.39 is 30.6 Å². The molecule has 3 rings (SSSR count). The van der Waals surface area contributed by atoms with E-state index >= 15 is 0 Å². The summed E-state index contributed by atoms with van der Waals surface area (Å²) in [6.07, 6.45) is -0.706. The Labute approximate surface area is 182 Å². The number of fused-ring (bicyclic) bond motifs is 3. The van der Waals surface area contributed by atoms with Crippen LogP contribution in [0.4, 0.5) is 4.79 Å². The molecule has 0 aromatic heterocycles. The molecule has 0 saturated carbocycles. The van der Waals surface area contributed by atoms with Gasteiger partial charge >= 0.3 is 12.1 Å². The van der Waals surface area contributed by atoms with Gasteiger partial charge in [-0.3, -0.25) is 9.59 Å². The zero-order valence-corrected chi connectivity index (χ0v) is 18.0. The van der Waals surface area contributed by atoms with Crippen LogP contribution in [0.15, 0.2) is 48.5 Å². The highest BCUT2D eigenvalue weighted by molar-refractivity contribution is 5.88. The van der Waals surface area contributed by atoms with Gasteiger partial charge in [-0.15, -0.1) is 0 Å². The van der Waals surface area contributed by atoms with Gasteiger partial charge < -0.3 is 20.1 Å². The average molecular weight is 424 g/mol. The van der Waals surface area contributed by atoms with Crippen molar-refractivity contribution >= 4 is 18.0 Å². The standard InChI is InChI=1S/C24H28N2O5/c1-15(2)12-26(13-22(27)28)23(29)16(3)25-24(30)31-14-21-19-10-6-4-8-17(19)18-9-5-7-11-20(18)21/h4-11,15-16,21H,12-14H2,1-3H3,(H,25,30)(H,27,28)/t16-/m1/s1. The predicted molar refractivity (Wildman–Crippen MR) is 117 cm³/mol. The minimum atomic E-state index is -1.10. The Balaban J connectivity index is 1.62. The quantitative estimate of drug-likeness (QED) is 0.676. The van der Waals surface area contributed by atoms with Gasteiger partial charge in [-0.1, -0.05) is 62.4 Å². The van der Waals surface area contributed by atoms with Crippen LogP contribution in [0.25, 0.3) is 11.1 Å². The molecule has 0 unspecified atom stereocenters. The highest BCUT2D eigenvalue weighted by atomic mass is 16.5. The minimum absolute atomic E-state index is 0.0754. The number of carbonyl (C=O) groups is 3. The maximum Gasteiger partial charge on any atom is 0.407 e. The van der Waals surface area contributed by atoms with Gasteiger partial charge in [0.2, 0.25) is 5.91 Å². The third kappa shape index (κ3) is 5.23. The van der Waals surface area contributed by atoms with Crippen molar-refractivity contribution < 1.29 is 24.2 Å². The first-order chi connectivity index (χ1) is 14.8. The molecule has 31 heavy (non-hydrogen) atoms. The third-order valence-corrected chi connectivity index (χ3v) is 5.27. The van der Waals surface area contributed by atoms with Gasteiger partial charge in [0.15, 0.2) is 0 Å². The van der Waals surface area contributed by atoms with Gasteiger partial charge in [0.25, 0.3) is 0 Å². The van der Waals surface area contributed by atoms with E-state index in [2.05, 4.69) is 17.4 Å². The van der Waals surface area contributed by atoms with Crippen LogP contribution in [0.1, 0.15) is 37.8 Å². The topological polar surface area (TPSA) is 95.9 Å². The molecule has 0 radical (unpaired) electrons. The van der Waals surface area contributed by atoms with Crippen molar-refractivity contribution in [3.8, 4) is 11.1 Å². The first-order valence-corrected chi connectivity index (χ1v) is 10.4. The van der Waals surface area contributed by atoms with E-state index in [1.807, 2.05) is 50.2 Å². The number of nitrogens with one attached hydrogen (secondary N) is 1. The molecule has 2 amide bonds. The lowest BCUT2D eigenvalue weighted by Gasteiger charge is -2.26. The number of benzene rings is 2.